The van der Waals surface area contributed by atoms with Gasteiger partial charge in [0.25, 0.3) is 0 Å². The number of aliphatic imine (C=N–C) groups is 1. The molecule has 1 aromatic carbocycles. The molecule has 0 saturated carbocycles. The zero-order valence-electron chi connectivity index (χ0n) is 14.5. The van der Waals surface area contributed by atoms with E-state index in [-0.39, 0.29) is 5.75 Å². The molecule has 2 N–H and O–H groups in total. The van der Waals surface area contributed by atoms with Crippen molar-refractivity contribution >= 4 is 16.0 Å². The molecule has 0 aliphatic rings. The summed E-state index contributed by atoms with van der Waals surface area (Å²) in [6, 6.07) is 7.57. The van der Waals surface area contributed by atoms with E-state index in [4.69, 9.17) is 0 Å². The van der Waals surface area contributed by atoms with E-state index < -0.39 is 10.0 Å². The molecule has 0 spiro atoms. The Morgan fingerprint density at radius 1 is 1.30 bits per heavy atom. The number of hydrogen-bond acceptors (Lipinski definition) is 3. The maximum atomic E-state index is 11.6. The van der Waals surface area contributed by atoms with Gasteiger partial charge in [-0.15, -0.1) is 0 Å². The summed E-state index contributed by atoms with van der Waals surface area (Å²) in [4.78, 5) is 6.37. The molecule has 0 heterocycles. The first-order chi connectivity index (χ1) is 10.9. The van der Waals surface area contributed by atoms with Crippen LogP contribution in [0.5, 0.6) is 0 Å². The van der Waals surface area contributed by atoms with Crippen molar-refractivity contribution < 1.29 is 8.42 Å². The minimum atomic E-state index is -3.25. The van der Waals surface area contributed by atoms with E-state index >= 15 is 0 Å². The van der Waals surface area contributed by atoms with Gasteiger partial charge in [0.2, 0.25) is 10.0 Å². The van der Waals surface area contributed by atoms with Gasteiger partial charge < -0.3 is 10.2 Å². The van der Waals surface area contributed by atoms with Crippen LogP contribution in [-0.4, -0.2) is 47.0 Å². The summed E-state index contributed by atoms with van der Waals surface area (Å²) in [5.41, 5.74) is 1.80. The largest absolute Gasteiger partial charge is 0.352 e. The molecule has 6 nitrogen and oxygen atoms in total. The van der Waals surface area contributed by atoms with Gasteiger partial charge in [0.05, 0.1) is 5.75 Å². The van der Waals surface area contributed by atoms with Crippen LogP contribution in [0.3, 0.4) is 0 Å². The Morgan fingerprint density at radius 3 is 2.61 bits per heavy atom. The number of rotatable bonds is 8. The van der Waals surface area contributed by atoms with Crippen molar-refractivity contribution in [1.29, 1.82) is 0 Å². The highest BCUT2D eigenvalue weighted by molar-refractivity contribution is 7.88. The van der Waals surface area contributed by atoms with Crippen LogP contribution in [0.1, 0.15) is 30.9 Å². The Bertz CT molecular complexity index is 614. The zero-order chi connectivity index (χ0) is 17.3. The van der Waals surface area contributed by atoms with Gasteiger partial charge in [-0.25, -0.2) is 13.1 Å². The van der Waals surface area contributed by atoms with Crippen molar-refractivity contribution in [3.05, 3.63) is 35.4 Å². The normalized spacial score (nSPS) is 12.3. The highest BCUT2D eigenvalue weighted by atomic mass is 32.2. The van der Waals surface area contributed by atoms with E-state index in [0.717, 1.165) is 36.5 Å². The van der Waals surface area contributed by atoms with Crippen LogP contribution in [0.15, 0.2) is 29.3 Å². The van der Waals surface area contributed by atoms with Gasteiger partial charge in [0.15, 0.2) is 5.96 Å². The fourth-order valence-corrected chi connectivity index (χ4v) is 2.95. The minimum absolute atomic E-state index is 0.0114. The third kappa shape index (κ3) is 7.00. The monoisotopic (exact) mass is 340 g/mol. The second-order valence-corrected chi connectivity index (χ2v) is 7.39. The molecule has 23 heavy (non-hydrogen) atoms. The van der Waals surface area contributed by atoms with Crippen LogP contribution in [0.4, 0.5) is 0 Å². The second kappa shape index (κ2) is 9.52. The van der Waals surface area contributed by atoms with E-state index in [1.165, 1.54) is 7.05 Å². The highest BCUT2D eigenvalue weighted by Crippen LogP contribution is 2.08. The summed E-state index contributed by atoms with van der Waals surface area (Å²) in [7, 11) is 1.96. The topological polar surface area (TPSA) is 73.8 Å². The molecule has 1 aromatic rings. The molecule has 0 amide bonds. The number of benzene rings is 1. The average molecular weight is 340 g/mol. The summed E-state index contributed by atoms with van der Waals surface area (Å²) in [5.74, 6) is 0.828. The van der Waals surface area contributed by atoms with E-state index in [1.54, 1.807) is 7.05 Å². The first kappa shape index (κ1) is 19.4. The molecule has 0 radical (unpaired) electrons. The standard InChI is InChI=1S/C16H28N4O2S/c1-5-6-10-20(4)16(17-2)19-12-14-8-7-9-15(11-14)13-23(21,22)18-3/h7-9,11,18H,5-6,10,12-13H2,1-4H3,(H,17,19). The molecule has 130 valence electrons. The van der Waals surface area contributed by atoms with Gasteiger partial charge in [0.1, 0.15) is 0 Å². The van der Waals surface area contributed by atoms with E-state index in [2.05, 4.69) is 26.9 Å². The summed E-state index contributed by atoms with van der Waals surface area (Å²) >= 11 is 0. The van der Waals surface area contributed by atoms with Crippen molar-refractivity contribution in [2.75, 3.05) is 27.7 Å². The molecule has 0 unspecified atom stereocenters. The van der Waals surface area contributed by atoms with Gasteiger partial charge in [-0.3, -0.25) is 4.99 Å². The fraction of sp³-hybridized carbons (Fsp3) is 0.562. The quantitative estimate of drug-likeness (QED) is 0.556. The lowest BCUT2D eigenvalue weighted by atomic mass is 10.1. The molecule has 0 saturated heterocycles. The third-order valence-corrected chi connectivity index (χ3v) is 4.87. The summed E-state index contributed by atoms with van der Waals surface area (Å²) in [6.07, 6.45) is 2.26. The minimum Gasteiger partial charge on any atom is -0.352 e. The van der Waals surface area contributed by atoms with Gasteiger partial charge in [-0.2, -0.15) is 0 Å². The van der Waals surface area contributed by atoms with Gasteiger partial charge >= 0.3 is 0 Å². The lowest BCUT2D eigenvalue weighted by Crippen LogP contribution is -2.38. The number of unbranched alkanes of at least 4 members (excludes halogenated alkanes) is 1. The van der Waals surface area contributed by atoms with Crippen molar-refractivity contribution in [3.8, 4) is 0 Å². The second-order valence-electron chi connectivity index (χ2n) is 5.46. The lowest BCUT2D eigenvalue weighted by Gasteiger charge is -2.22. The first-order valence-corrected chi connectivity index (χ1v) is 9.48. The van der Waals surface area contributed by atoms with Crippen LogP contribution in [0, 0.1) is 0 Å². The van der Waals surface area contributed by atoms with E-state index in [0.29, 0.717) is 6.54 Å². The number of nitrogens with one attached hydrogen (secondary N) is 2. The van der Waals surface area contributed by atoms with Gasteiger partial charge in [-0.05, 0) is 24.6 Å². The fourth-order valence-electron chi connectivity index (χ4n) is 2.19. The van der Waals surface area contributed by atoms with Crippen molar-refractivity contribution in [1.82, 2.24) is 14.9 Å². The zero-order valence-corrected chi connectivity index (χ0v) is 15.3. The van der Waals surface area contributed by atoms with Gasteiger partial charge in [-0.1, -0.05) is 37.6 Å². The Hall–Kier alpha value is -1.60. The maximum absolute atomic E-state index is 11.6. The van der Waals surface area contributed by atoms with Gasteiger partial charge in [0, 0.05) is 27.2 Å². The smallest absolute Gasteiger partial charge is 0.215 e. The molecule has 0 aliphatic heterocycles. The van der Waals surface area contributed by atoms with Crippen LogP contribution in [0.2, 0.25) is 0 Å². The molecule has 0 aromatic heterocycles. The maximum Gasteiger partial charge on any atom is 0.215 e. The van der Waals surface area contributed by atoms with Crippen molar-refractivity contribution in [2.45, 2.75) is 32.1 Å². The molecule has 1 rings (SSSR count). The average Bonchev–Trinajstić information content (AvgIpc) is 2.53. The Morgan fingerprint density at radius 2 is 2.00 bits per heavy atom. The molecule has 0 atom stereocenters. The molecule has 0 aliphatic carbocycles. The molecular weight excluding hydrogens is 312 g/mol. The number of nitrogens with zero attached hydrogens (tertiary/aromatic N) is 2. The summed E-state index contributed by atoms with van der Waals surface area (Å²) in [5, 5.41) is 3.31. The molecular formula is C16H28N4O2S. The third-order valence-electron chi connectivity index (χ3n) is 3.53. The first-order valence-electron chi connectivity index (χ1n) is 7.82. The van der Waals surface area contributed by atoms with Crippen LogP contribution >= 0.6 is 0 Å². The number of sulfonamides is 1. The number of guanidine groups is 1. The van der Waals surface area contributed by atoms with E-state index in [9.17, 15) is 8.42 Å². The molecule has 0 bridgehead atoms. The Labute approximate surface area is 140 Å². The van der Waals surface area contributed by atoms with Crippen LogP contribution in [0.25, 0.3) is 0 Å². The van der Waals surface area contributed by atoms with Crippen LogP contribution in [-0.2, 0) is 22.3 Å². The highest BCUT2D eigenvalue weighted by Gasteiger charge is 2.09. The predicted octanol–water partition coefficient (Wildman–Crippen LogP) is 1.54. The van der Waals surface area contributed by atoms with Crippen molar-refractivity contribution in [3.63, 3.8) is 0 Å². The SMILES string of the molecule is CCCCN(C)C(=NC)NCc1cccc(CS(=O)(=O)NC)c1. The Kier molecular flexibility index (Phi) is 8.05. The number of hydrogen-bond donors (Lipinski definition) is 2. The lowest BCUT2D eigenvalue weighted by molar-refractivity contribution is 0.464. The molecule has 0 fully saturated rings. The van der Waals surface area contributed by atoms with Crippen LogP contribution < -0.4 is 10.0 Å². The Balaban J connectivity index is 2.67. The molecule has 7 heteroatoms. The van der Waals surface area contributed by atoms with E-state index in [1.807, 2.05) is 31.3 Å². The summed E-state index contributed by atoms with van der Waals surface area (Å²) < 4.78 is 25.6. The summed E-state index contributed by atoms with van der Waals surface area (Å²) in [6.45, 7) is 3.72. The predicted molar refractivity (Wildman–Crippen MR) is 95.9 cm³/mol. The van der Waals surface area contributed by atoms with Crippen molar-refractivity contribution in [2.24, 2.45) is 4.99 Å².